The molecule has 1 saturated heterocycles. The summed E-state index contributed by atoms with van der Waals surface area (Å²) in [5.74, 6) is 0.0468. The van der Waals surface area contributed by atoms with E-state index in [0.717, 1.165) is 24.0 Å². The standard InChI is InChI=1S/C10H15N3O2S2/c1-6-4-13(2-3-16-6)10-12-7(5-17-10)8(11)9(14)15/h5-6,8H,2-4,11H2,1H3,(H,14,15). The van der Waals surface area contributed by atoms with Gasteiger partial charge in [-0.1, -0.05) is 6.92 Å². The van der Waals surface area contributed by atoms with Crippen molar-refractivity contribution >= 4 is 34.2 Å². The smallest absolute Gasteiger partial charge is 0.326 e. The molecule has 0 aliphatic carbocycles. The first-order valence-corrected chi connectivity index (χ1v) is 7.31. The van der Waals surface area contributed by atoms with Crippen molar-refractivity contribution in [2.75, 3.05) is 23.7 Å². The van der Waals surface area contributed by atoms with E-state index in [1.165, 1.54) is 11.3 Å². The Morgan fingerprint density at radius 2 is 2.53 bits per heavy atom. The van der Waals surface area contributed by atoms with E-state index in [1.54, 1.807) is 5.38 Å². The van der Waals surface area contributed by atoms with Crippen LogP contribution in [0, 0.1) is 0 Å². The number of hydrogen-bond acceptors (Lipinski definition) is 6. The lowest BCUT2D eigenvalue weighted by atomic mass is 10.2. The average Bonchev–Trinajstić information content (AvgIpc) is 2.77. The van der Waals surface area contributed by atoms with E-state index in [-0.39, 0.29) is 0 Å². The third kappa shape index (κ3) is 2.91. The maximum atomic E-state index is 10.8. The molecular formula is C10H15N3O2S2. The molecule has 0 bridgehead atoms. The summed E-state index contributed by atoms with van der Waals surface area (Å²) in [6.07, 6.45) is 0. The van der Waals surface area contributed by atoms with Crippen LogP contribution in [0.15, 0.2) is 5.38 Å². The van der Waals surface area contributed by atoms with Gasteiger partial charge in [0.25, 0.3) is 0 Å². The summed E-state index contributed by atoms with van der Waals surface area (Å²) >= 11 is 3.42. The molecule has 0 spiro atoms. The molecule has 1 aromatic rings. The summed E-state index contributed by atoms with van der Waals surface area (Å²) in [6.45, 7) is 4.11. The van der Waals surface area contributed by atoms with Crippen LogP contribution in [0.4, 0.5) is 5.13 Å². The minimum atomic E-state index is -1.04. The number of anilines is 1. The van der Waals surface area contributed by atoms with Crippen molar-refractivity contribution in [2.24, 2.45) is 5.73 Å². The number of carbonyl (C=O) groups is 1. The maximum absolute atomic E-state index is 10.8. The van der Waals surface area contributed by atoms with E-state index in [0.29, 0.717) is 10.9 Å². The zero-order valence-corrected chi connectivity index (χ0v) is 11.1. The van der Waals surface area contributed by atoms with E-state index in [1.807, 2.05) is 11.8 Å². The fourth-order valence-corrected chi connectivity index (χ4v) is 3.59. The van der Waals surface area contributed by atoms with Gasteiger partial charge in [-0.25, -0.2) is 4.98 Å². The van der Waals surface area contributed by atoms with Crippen LogP contribution in [-0.4, -0.2) is 40.2 Å². The molecule has 17 heavy (non-hydrogen) atoms. The Labute approximate surface area is 108 Å². The van der Waals surface area contributed by atoms with Crippen LogP contribution in [0.25, 0.3) is 0 Å². The number of carboxylic acids is 1. The largest absolute Gasteiger partial charge is 0.480 e. The van der Waals surface area contributed by atoms with Gasteiger partial charge in [-0.2, -0.15) is 11.8 Å². The summed E-state index contributed by atoms with van der Waals surface area (Å²) in [7, 11) is 0. The lowest BCUT2D eigenvalue weighted by molar-refractivity contribution is -0.138. The fraction of sp³-hybridized carbons (Fsp3) is 0.600. The average molecular weight is 273 g/mol. The van der Waals surface area contributed by atoms with Crippen LogP contribution < -0.4 is 10.6 Å². The van der Waals surface area contributed by atoms with E-state index >= 15 is 0 Å². The van der Waals surface area contributed by atoms with Crippen LogP contribution in [-0.2, 0) is 4.79 Å². The van der Waals surface area contributed by atoms with Crippen LogP contribution in [0.3, 0.4) is 0 Å². The van der Waals surface area contributed by atoms with Crippen molar-refractivity contribution in [3.63, 3.8) is 0 Å². The van der Waals surface area contributed by atoms with Gasteiger partial charge in [0.2, 0.25) is 0 Å². The lowest BCUT2D eigenvalue weighted by Gasteiger charge is -2.30. The Kier molecular flexibility index (Phi) is 3.90. The van der Waals surface area contributed by atoms with Crippen molar-refractivity contribution in [3.05, 3.63) is 11.1 Å². The van der Waals surface area contributed by atoms with Crippen LogP contribution in [0.2, 0.25) is 0 Å². The molecule has 1 aliphatic heterocycles. The molecule has 5 nitrogen and oxygen atoms in total. The zero-order valence-electron chi connectivity index (χ0n) is 9.50. The van der Waals surface area contributed by atoms with Gasteiger partial charge >= 0.3 is 5.97 Å². The van der Waals surface area contributed by atoms with E-state index < -0.39 is 12.0 Å². The van der Waals surface area contributed by atoms with Crippen molar-refractivity contribution in [3.8, 4) is 0 Å². The molecular weight excluding hydrogens is 258 g/mol. The molecule has 2 unspecified atom stereocenters. The molecule has 1 aliphatic rings. The van der Waals surface area contributed by atoms with Gasteiger partial charge in [0.15, 0.2) is 5.13 Å². The zero-order chi connectivity index (χ0) is 12.4. The highest BCUT2D eigenvalue weighted by molar-refractivity contribution is 8.00. The molecule has 0 amide bonds. The molecule has 2 heterocycles. The number of nitrogens with zero attached hydrogens (tertiary/aromatic N) is 2. The predicted octanol–water partition coefficient (Wildman–Crippen LogP) is 1.17. The van der Waals surface area contributed by atoms with Crippen molar-refractivity contribution in [1.29, 1.82) is 0 Å². The Morgan fingerprint density at radius 3 is 3.18 bits per heavy atom. The summed E-state index contributed by atoms with van der Waals surface area (Å²) in [6, 6.07) is -1.02. The Balaban J connectivity index is 2.09. The molecule has 2 atom stereocenters. The number of rotatable bonds is 3. The van der Waals surface area contributed by atoms with E-state index in [9.17, 15) is 4.79 Å². The molecule has 0 aromatic carbocycles. The minimum absolute atomic E-state index is 0.448. The molecule has 1 aromatic heterocycles. The fourth-order valence-electron chi connectivity index (χ4n) is 1.68. The van der Waals surface area contributed by atoms with E-state index in [2.05, 4.69) is 16.8 Å². The number of thioether (sulfide) groups is 1. The van der Waals surface area contributed by atoms with Gasteiger partial charge in [-0.3, -0.25) is 4.79 Å². The minimum Gasteiger partial charge on any atom is -0.480 e. The SMILES string of the molecule is CC1CN(c2nc(C(N)C(=O)O)cs2)CCS1. The van der Waals surface area contributed by atoms with Crippen molar-refractivity contribution in [2.45, 2.75) is 18.2 Å². The molecule has 3 N–H and O–H groups in total. The first-order valence-electron chi connectivity index (χ1n) is 5.38. The Hall–Kier alpha value is -0.790. The summed E-state index contributed by atoms with van der Waals surface area (Å²) in [5, 5.41) is 12.0. The van der Waals surface area contributed by atoms with Gasteiger partial charge in [-0.05, 0) is 0 Å². The molecule has 7 heteroatoms. The predicted molar refractivity (Wildman–Crippen MR) is 70.8 cm³/mol. The van der Waals surface area contributed by atoms with E-state index in [4.69, 9.17) is 10.8 Å². The highest BCUT2D eigenvalue weighted by atomic mass is 32.2. The Morgan fingerprint density at radius 1 is 1.76 bits per heavy atom. The number of hydrogen-bond donors (Lipinski definition) is 2. The highest BCUT2D eigenvalue weighted by Crippen LogP contribution is 2.28. The highest BCUT2D eigenvalue weighted by Gasteiger charge is 2.22. The number of thiazole rings is 1. The second kappa shape index (κ2) is 5.24. The van der Waals surface area contributed by atoms with Crippen LogP contribution in [0.1, 0.15) is 18.7 Å². The summed E-state index contributed by atoms with van der Waals surface area (Å²) in [5.41, 5.74) is 5.98. The second-order valence-corrected chi connectivity index (χ2v) is 6.38. The van der Waals surface area contributed by atoms with Crippen LogP contribution >= 0.6 is 23.1 Å². The van der Waals surface area contributed by atoms with Gasteiger partial charge in [0.05, 0.1) is 5.69 Å². The number of aliphatic carboxylic acids is 1. The molecule has 2 rings (SSSR count). The normalized spacial score (nSPS) is 22.5. The topological polar surface area (TPSA) is 79.5 Å². The van der Waals surface area contributed by atoms with Crippen molar-refractivity contribution < 1.29 is 9.90 Å². The summed E-state index contributed by atoms with van der Waals surface area (Å²) in [4.78, 5) is 17.3. The molecule has 1 fully saturated rings. The monoisotopic (exact) mass is 273 g/mol. The molecule has 0 radical (unpaired) electrons. The first-order chi connectivity index (χ1) is 8.08. The van der Waals surface area contributed by atoms with Gasteiger partial charge in [0.1, 0.15) is 6.04 Å². The molecule has 94 valence electrons. The second-order valence-electron chi connectivity index (χ2n) is 4.00. The number of aromatic nitrogens is 1. The third-order valence-corrected chi connectivity index (χ3v) is 4.66. The lowest BCUT2D eigenvalue weighted by Crippen LogP contribution is -2.36. The van der Waals surface area contributed by atoms with Gasteiger partial charge < -0.3 is 15.7 Å². The quantitative estimate of drug-likeness (QED) is 0.860. The van der Waals surface area contributed by atoms with Gasteiger partial charge in [0, 0.05) is 29.5 Å². The number of carboxylic acid groups (broad SMARTS) is 1. The first kappa shape index (κ1) is 12.7. The van der Waals surface area contributed by atoms with Crippen molar-refractivity contribution in [1.82, 2.24) is 4.98 Å². The van der Waals surface area contributed by atoms with Gasteiger partial charge in [-0.15, -0.1) is 11.3 Å². The third-order valence-electron chi connectivity index (χ3n) is 2.61. The molecule has 0 saturated carbocycles. The number of nitrogens with two attached hydrogens (primary N) is 1. The van der Waals surface area contributed by atoms with Crippen LogP contribution in [0.5, 0.6) is 0 Å². The summed E-state index contributed by atoms with van der Waals surface area (Å²) < 4.78 is 0. The Bertz CT molecular complexity index is 410. The maximum Gasteiger partial charge on any atom is 0.326 e.